The second kappa shape index (κ2) is 9.41. The Morgan fingerprint density at radius 2 is 1.95 bits per heavy atom. The van der Waals surface area contributed by atoms with Gasteiger partial charge in [0.25, 0.3) is 6.43 Å². The van der Waals surface area contributed by atoms with Gasteiger partial charge in [0.15, 0.2) is 0 Å². The summed E-state index contributed by atoms with van der Waals surface area (Å²) in [6.07, 6.45) is -2.44. The molecule has 118 valence electrons. The molecule has 1 aromatic rings. The lowest BCUT2D eigenvalue weighted by atomic mass is 10.1. The van der Waals surface area contributed by atoms with E-state index in [1.54, 1.807) is 0 Å². The molecule has 1 rings (SSSR count). The van der Waals surface area contributed by atoms with Gasteiger partial charge in [-0.2, -0.15) is 0 Å². The fourth-order valence-electron chi connectivity index (χ4n) is 1.84. The van der Waals surface area contributed by atoms with Crippen molar-refractivity contribution in [3.05, 3.63) is 29.8 Å². The molecule has 0 bridgehead atoms. The van der Waals surface area contributed by atoms with Gasteiger partial charge >= 0.3 is 0 Å². The summed E-state index contributed by atoms with van der Waals surface area (Å²) in [5, 5.41) is 6.00. The number of amides is 1. The third-order valence-corrected chi connectivity index (χ3v) is 2.92. The smallest absolute Gasteiger partial charge is 0.261 e. The molecule has 0 radical (unpaired) electrons. The second-order valence-corrected chi connectivity index (χ2v) is 4.67. The van der Waals surface area contributed by atoms with Gasteiger partial charge in [-0.05, 0) is 31.2 Å². The van der Waals surface area contributed by atoms with Gasteiger partial charge in [-0.1, -0.05) is 19.1 Å². The van der Waals surface area contributed by atoms with E-state index in [0.29, 0.717) is 5.69 Å². The van der Waals surface area contributed by atoms with Gasteiger partial charge in [-0.25, -0.2) is 8.78 Å². The molecule has 1 unspecified atom stereocenters. The second-order valence-electron chi connectivity index (χ2n) is 4.67. The Balaban J connectivity index is 2.36. The fraction of sp³-hybridized carbons (Fsp3) is 0.533. The summed E-state index contributed by atoms with van der Waals surface area (Å²) < 4.78 is 28.3. The summed E-state index contributed by atoms with van der Waals surface area (Å²) in [4.78, 5) is 11.6. The largest absolute Gasteiger partial charge is 0.375 e. The van der Waals surface area contributed by atoms with Gasteiger partial charge in [0.05, 0.1) is 13.0 Å². The summed E-state index contributed by atoms with van der Waals surface area (Å²) in [6, 6.07) is 7.77. The highest BCUT2D eigenvalue weighted by molar-refractivity contribution is 5.90. The number of benzene rings is 1. The van der Waals surface area contributed by atoms with Crippen LogP contribution in [0.3, 0.4) is 0 Å². The number of hydrogen-bond acceptors (Lipinski definition) is 3. The highest BCUT2D eigenvalue weighted by atomic mass is 19.3. The molecule has 0 aliphatic heterocycles. The predicted molar refractivity (Wildman–Crippen MR) is 78.6 cm³/mol. The molecule has 21 heavy (non-hydrogen) atoms. The molecular weight excluding hydrogens is 278 g/mol. The van der Waals surface area contributed by atoms with Crippen molar-refractivity contribution in [2.24, 2.45) is 0 Å². The van der Waals surface area contributed by atoms with E-state index in [1.165, 1.54) is 0 Å². The van der Waals surface area contributed by atoms with Crippen molar-refractivity contribution >= 4 is 11.6 Å². The van der Waals surface area contributed by atoms with Gasteiger partial charge in [-0.3, -0.25) is 4.79 Å². The maximum atomic E-state index is 11.8. The zero-order chi connectivity index (χ0) is 15.7. The minimum atomic E-state index is -2.50. The van der Waals surface area contributed by atoms with Gasteiger partial charge in [0.2, 0.25) is 5.91 Å². The van der Waals surface area contributed by atoms with Crippen molar-refractivity contribution in [2.75, 3.05) is 25.1 Å². The van der Waals surface area contributed by atoms with Gasteiger partial charge < -0.3 is 15.4 Å². The summed E-state index contributed by atoms with van der Waals surface area (Å²) in [6.45, 7) is 4.35. The Morgan fingerprint density at radius 3 is 2.52 bits per heavy atom. The van der Waals surface area contributed by atoms with E-state index < -0.39 is 13.0 Å². The van der Waals surface area contributed by atoms with Crippen LogP contribution in [0, 0.1) is 0 Å². The van der Waals surface area contributed by atoms with Crippen molar-refractivity contribution in [3.8, 4) is 0 Å². The standard InChI is InChI=1S/C15H22F2N2O2/c1-3-18-11(2)12-4-6-13(7-5-12)19-15(20)8-9-21-10-14(16)17/h4-7,11,14,18H,3,8-10H2,1-2H3,(H,19,20). The first-order valence-corrected chi connectivity index (χ1v) is 7.02. The van der Waals surface area contributed by atoms with Crippen LogP contribution in [0.1, 0.15) is 31.9 Å². The summed E-state index contributed by atoms with van der Waals surface area (Å²) in [5.41, 5.74) is 1.82. The van der Waals surface area contributed by atoms with E-state index >= 15 is 0 Å². The number of nitrogens with one attached hydrogen (secondary N) is 2. The summed E-state index contributed by atoms with van der Waals surface area (Å²) in [5.74, 6) is -0.253. The lowest BCUT2D eigenvalue weighted by Crippen LogP contribution is -2.18. The molecule has 0 fully saturated rings. The molecule has 4 nitrogen and oxygen atoms in total. The first-order valence-electron chi connectivity index (χ1n) is 7.02. The highest BCUT2D eigenvalue weighted by Crippen LogP contribution is 2.16. The molecule has 0 spiro atoms. The van der Waals surface area contributed by atoms with Crippen LogP contribution in [-0.4, -0.2) is 32.1 Å². The maximum absolute atomic E-state index is 11.8. The summed E-state index contributed by atoms with van der Waals surface area (Å²) in [7, 11) is 0. The zero-order valence-electron chi connectivity index (χ0n) is 12.4. The Morgan fingerprint density at radius 1 is 1.29 bits per heavy atom. The molecule has 0 saturated carbocycles. The number of carbonyl (C=O) groups is 1. The lowest BCUT2D eigenvalue weighted by molar-refractivity contribution is -0.117. The minimum absolute atomic E-state index is 0.00822. The maximum Gasteiger partial charge on any atom is 0.261 e. The van der Waals surface area contributed by atoms with Crippen LogP contribution in [0.5, 0.6) is 0 Å². The van der Waals surface area contributed by atoms with Gasteiger partial charge in [-0.15, -0.1) is 0 Å². The molecule has 0 saturated heterocycles. The number of rotatable bonds is 9. The molecule has 1 amide bonds. The van der Waals surface area contributed by atoms with Gasteiger partial charge in [0, 0.05) is 11.7 Å². The van der Waals surface area contributed by atoms with Gasteiger partial charge in [0.1, 0.15) is 6.61 Å². The first kappa shape index (κ1) is 17.5. The normalized spacial score (nSPS) is 12.4. The SMILES string of the molecule is CCNC(C)c1ccc(NC(=O)CCOCC(F)F)cc1. The molecule has 0 aliphatic carbocycles. The van der Waals surface area contributed by atoms with Crippen LogP contribution in [0.2, 0.25) is 0 Å². The Labute approximate surface area is 123 Å². The number of halogens is 2. The van der Waals surface area contributed by atoms with E-state index in [9.17, 15) is 13.6 Å². The van der Waals surface area contributed by atoms with E-state index in [0.717, 1.165) is 12.1 Å². The topological polar surface area (TPSA) is 50.4 Å². The first-order chi connectivity index (χ1) is 10.0. The monoisotopic (exact) mass is 300 g/mol. The fourth-order valence-corrected chi connectivity index (χ4v) is 1.84. The van der Waals surface area contributed by atoms with Crippen molar-refractivity contribution in [1.82, 2.24) is 5.32 Å². The van der Waals surface area contributed by atoms with Crippen LogP contribution >= 0.6 is 0 Å². The Bertz CT molecular complexity index is 424. The van der Waals surface area contributed by atoms with Crippen LogP contribution in [0.15, 0.2) is 24.3 Å². The third-order valence-electron chi connectivity index (χ3n) is 2.92. The van der Waals surface area contributed by atoms with Crippen LogP contribution in [-0.2, 0) is 9.53 Å². The molecule has 6 heteroatoms. The molecule has 0 heterocycles. The van der Waals surface area contributed by atoms with Crippen LogP contribution in [0.25, 0.3) is 0 Å². The lowest BCUT2D eigenvalue weighted by Gasteiger charge is -2.13. The number of carbonyl (C=O) groups excluding carboxylic acids is 1. The average molecular weight is 300 g/mol. The number of hydrogen-bond donors (Lipinski definition) is 2. The average Bonchev–Trinajstić information content (AvgIpc) is 2.44. The Kier molecular flexibility index (Phi) is 7.85. The van der Waals surface area contributed by atoms with E-state index in [-0.39, 0.29) is 25.0 Å². The quantitative estimate of drug-likeness (QED) is 0.689. The van der Waals surface area contributed by atoms with E-state index in [4.69, 9.17) is 0 Å². The molecule has 2 N–H and O–H groups in total. The Hall–Kier alpha value is -1.53. The number of anilines is 1. The summed E-state index contributed by atoms with van der Waals surface area (Å²) >= 11 is 0. The highest BCUT2D eigenvalue weighted by Gasteiger charge is 2.07. The third kappa shape index (κ3) is 7.15. The number of alkyl halides is 2. The predicted octanol–water partition coefficient (Wildman–Crippen LogP) is 2.97. The van der Waals surface area contributed by atoms with E-state index in [1.807, 2.05) is 31.2 Å². The molecule has 0 aliphatic rings. The van der Waals surface area contributed by atoms with Crippen molar-refractivity contribution in [1.29, 1.82) is 0 Å². The molecule has 1 atom stereocenters. The molecule has 1 aromatic carbocycles. The van der Waals surface area contributed by atoms with Crippen molar-refractivity contribution in [3.63, 3.8) is 0 Å². The molecular formula is C15H22F2N2O2. The van der Waals surface area contributed by atoms with Crippen molar-refractivity contribution < 1.29 is 18.3 Å². The van der Waals surface area contributed by atoms with Crippen LogP contribution in [0.4, 0.5) is 14.5 Å². The number of ether oxygens (including phenoxy) is 1. The minimum Gasteiger partial charge on any atom is -0.375 e. The van der Waals surface area contributed by atoms with Crippen molar-refractivity contribution in [2.45, 2.75) is 32.7 Å². The molecule has 0 aromatic heterocycles. The zero-order valence-corrected chi connectivity index (χ0v) is 12.4. The van der Waals surface area contributed by atoms with E-state index in [2.05, 4.69) is 22.3 Å². The van der Waals surface area contributed by atoms with Crippen LogP contribution < -0.4 is 10.6 Å².